The van der Waals surface area contributed by atoms with Crippen molar-refractivity contribution in [2.24, 2.45) is 13.0 Å². The zero-order valence-electron chi connectivity index (χ0n) is 17.0. The Morgan fingerprint density at radius 1 is 1.25 bits per heavy atom. The fourth-order valence-electron chi connectivity index (χ4n) is 3.71. The summed E-state index contributed by atoms with van der Waals surface area (Å²) >= 11 is 1.79. The second-order valence-electron chi connectivity index (χ2n) is 7.65. The lowest BCUT2D eigenvalue weighted by atomic mass is 10.0. The maximum absolute atomic E-state index is 12.1. The number of benzene rings is 1. The lowest BCUT2D eigenvalue weighted by Gasteiger charge is -2.11. The van der Waals surface area contributed by atoms with Gasteiger partial charge in [-0.05, 0) is 73.8 Å². The summed E-state index contributed by atoms with van der Waals surface area (Å²) in [7, 11) is 1.81. The normalized spacial score (nSPS) is 14.0. The minimum atomic E-state index is 0.0478. The van der Waals surface area contributed by atoms with E-state index in [4.69, 9.17) is 9.72 Å². The number of hydrogen-bond acceptors (Lipinski definition) is 4. The molecular formula is C22H27N3O2S. The van der Waals surface area contributed by atoms with E-state index in [1.165, 1.54) is 18.4 Å². The van der Waals surface area contributed by atoms with E-state index in [0.717, 1.165) is 51.9 Å². The molecule has 1 aromatic carbocycles. The van der Waals surface area contributed by atoms with Crippen LogP contribution in [0.5, 0.6) is 6.01 Å². The highest BCUT2D eigenvalue weighted by atomic mass is 32.2. The molecule has 0 saturated heterocycles. The van der Waals surface area contributed by atoms with Crippen molar-refractivity contribution >= 4 is 22.8 Å². The van der Waals surface area contributed by atoms with Crippen LogP contribution in [0.3, 0.4) is 0 Å². The van der Waals surface area contributed by atoms with Crippen molar-refractivity contribution in [1.29, 1.82) is 0 Å². The highest BCUT2D eigenvalue weighted by Crippen LogP contribution is 2.37. The first-order valence-electron chi connectivity index (χ1n) is 9.84. The van der Waals surface area contributed by atoms with Gasteiger partial charge in [-0.1, -0.05) is 0 Å². The number of aromatic nitrogens is 3. The number of nitrogens with zero attached hydrogens (tertiary/aromatic N) is 3. The smallest absolute Gasteiger partial charge is 0.297 e. The van der Waals surface area contributed by atoms with Gasteiger partial charge in [-0.2, -0.15) is 16.7 Å². The van der Waals surface area contributed by atoms with Gasteiger partial charge in [0, 0.05) is 31.1 Å². The molecular weight excluding hydrogens is 370 g/mol. The average Bonchev–Trinajstić information content (AvgIpc) is 3.42. The summed E-state index contributed by atoms with van der Waals surface area (Å²) in [5.41, 5.74) is 6.35. The van der Waals surface area contributed by atoms with E-state index in [-0.39, 0.29) is 5.56 Å². The van der Waals surface area contributed by atoms with Crippen LogP contribution < -0.4 is 10.3 Å². The Balaban J connectivity index is 1.93. The Morgan fingerprint density at radius 2 is 2.04 bits per heavy atom. The van der Waals surface area contributed by atoms with Gasteiger partial charge in [0.15, 0.2) is 0 Å². The molecule has 0 unspecified atom stereocenters. The van der Waals surface area contributed by atoms with Gasteiger partial charge in [-0.15, -0.1) is 0 Å². The largest absolute Gasteiger partial charge is 0.465 e. The van der Waals surface area contributed by atoms with Gasteiger partial charge in [0.05, 0.1) is 17.6 Å². The second kappa shape index (κ2) is 7.66. The predicted octanol–water partition coefficient (Wildman–Crippen LogP) is 4.38. The van der Waals surface area contributed by atoms with E-state index in [9.17, 15) is 4.79 Å². The Kier molecular flexibility index (Phi) is 5.23. The van der Waals surface area contributed by atoms with E-state index < -0.39 is 0 Å². The molecule has 0 radical (unpaired) electrons. The molecule has 0 amide bonds. The molecule has 1 fully saturated rings. The molecule has 1 aliphatic rings. The number of rotatable bonds is 7. The van der Waals surface area contributed by atoms with Crippen LogP contribution in [0, 0.1) is 12.8 Å². The maximum Gasteiger partial charge on any atom is 0.297 e. The van der Waals surface area contributed by atoms with E-state index in [1.807, 2.05) is 33.2 Å². The molecule has 2 heterocycles. The molecule has 1 saturated carbocycles. The third-order valence-electron chi connectivity index (χ3n) is 5.30. The fraction of sp³-hybridized carbons (Fsp3) is 0.455. The summed E-state index contributed by atoms with van der Waals surface area (Å²) in [5, 5.41) is 0. The summed E-state index contributed by atoms with van der Waals surface area (Å²) in [5.74, 6) is 1.62. The highest BCUT2D eigenvalue weighted by Gasteiger charge is 2.25. The number of imidazole rings is 1. The monoisotopic (exact) mass is 397 g/mol. The van der Waals surface area contributed by atoms with Gasteiger partial charge in [-0.25, -0.2) is 0 Å². The summed E-state index contributed by atoms with van der Waals surface area (Å²) in [6, 6.07) is 7.12. The van der Waals surface area contributed by atoms with E-state index in [1.54, 1.807) is 16.3 Å². The Bertz CT molecular complexity index is 1050. The zero-order chi connectivity index (χ0) is 19.8. The molecule has 5 nitrogen and oxygen atoms in total. The van der Waals surface area contributed by atoms with E-state index in [2.05, 4.69) is 23.0 Å². The number of thioether (sulfide) groups is 1. The van der Waals surface area contributed by atoms with Crippen molar-refractivity contribution in [3.05, 3.63) is 45.9 Å². The number of aryl methyl sites for hydroxylation is 2. The minimum Gasteiger partial charge on any atom is -0.465 e. The maximum atomic E-state index is 12.1. The molecule has 0 aliphatic heterocycles. The SMILES string of the molecule is CCOc1nc2c(CSC)cc(-c3cc(C)c(=O)n(C)c3)cc2n1CC1CC1. The Hall–Kier alpha value is -2.21. The quantitative estimate of drug-likeness (QED) is 0.594. The minimum absolute atomic E-state index is 0.0478. The van der Waals surface area contributed by atoms with Crippen LogP contribution in [0.2, 0.25) is 0 Å². The topological polar surface area (TPSA) is 49.0 Å². The van der Waals surface area contributed by atoms with Gasteiger partial charge in [0.1, 0.15) is 0 Å². The summed E-state index contributed by atoms with van der Waals surface area (Å²) in [4.78, 5) is 17.0. The molecule has 2 aromatic heterocycles. The standard InChI is InChI=1S/C22H27N3O2S/c1-5-27-22-23-20-18(13-28-4)9-16(10-19(20)25(22)11-15-6-7-15)17-8-14(2)21(26)24(3)12-17/h8-10,12,15H,5-7,11,13H2,1-4H3. The van der Waals surface area contributed by atoms with Crippen LogP contribution >= 0.6 is 11.8 Å². The first-order chi connectivity index (χ1) is 13.5. The summed E-state index contributed by atoms with van der Waals surface area (Å²) < 4.78 is 9.79. The third-order valence-corrected chi connectivity index (χ3v) is 5.90. The molecule has 1 aliphatic carbocycles. The molecule has 28 heavy (non-hydrogen) atoms. The van der Waals surface area contributed by atoms with Gasteiger partial charge in [0.25, 0.3) is 11.6 Å². The molecule has 0 bridgehead atoms. The predicted molar refractivity (Wildman–Crippen MR) is 116 cm³/mol. The lowest BCUT2D eigenvalue weighted by molar-refractivity contribution is 0.296. The average molecular weight is 398 g/mol. The molecule has 3 aromatic rings. The first kappa shape index (κ1) is 19.1. The van der Waals surface area contributed by atoms with E-state index in [0.29, 0.717) is 6.61 Å². The molecule has 6 heteroatoms. The molecule has 148 valence electrons. The Morgan fingerprint density at radius 3 is 2.68 bits per heavy atom. The number of pyridine rings is 1. The van der Waals surface area contributed by atoms with Crippen LogP contribution in [-0.4, -0.2) is 27.0 Å². The number of ether oxygens (including phenoxy) is 1. The van der Waals surface area contributed by atoms with Gasteiger partial charge in [-0.3, -0.25) is 9.36 Å². The molecule has 0 atom stereocenters. The van der Waals surface area contributed by atoms with Crippen LogP contribution in [0.15, 0.2) is 29.2 Å². The molecule has 4 rings (SSSR count). The van der Waals surface area contributed by atoms with Crippen molar-refractivity contribution in [3.63, 3.8) is 0 Å². The second-order valence-corrected chi connectivity index (χ2v) is 8.51. The third kappa shape index (κ3) is 3.58. The lowest BCUT2D eigenvalue weighted by Crippen LogP contribution is -2.18. The molecule has 0 N–H and O–H groups in total. The van der Waals surface area contributed by atoms with Crippen molar-refractivity contribution < 1.29 is 4.74 Å². The highest BCUT2D eigenvalue weighted by molar-refractivity contribution is 7.97. The summed E-state index contributed by atoms with van der Waals surface area (Å²) in [6.45, 7) is 5.44. The molecule has 0 spiro atoms. The van der Waals surface area contributed by atoms with Crippen molar-refractivity contribution in [2.45, 2.75) is 39.0 Å². The fourth-order valence-corrected chi connectivity index (χ4v) is 4.24. The van der Waals surface area contributed by atoms with Gasteiger partial charge < -0.3 is 9.30 Å². The van der Waals surface area contributed by atoms with E-state index >= 15 is 0 Å². The van der Waals surface area contributed by atoms with Gasteiger partial charge >= 0.3 is 0 Å². The summed E-state index contributed by atoms with van der Waals surface area (Å²) in [6.07, 6.45) is 6.59. The van der Waals surface area contributed by atoms with Crippen molar-refractivity contribution in [1.82, 2.24) is 14.1 Å². The van der Waals surface area contributed by atoms with Crippen LogP contribution in [-0.2, 0) is 19.3 Å². The number of fused-ring (bicyclic) bond motifs is 1. The Labute approximate surface area is 169 Å². The van der Waals surface area contributed by atoms with Crippen LogP contribution in [0.25, 0.3) is 22.2 Å². The van der Waals surface area contributed by atoms with Crippen LogP contribution in [0.1, 0.15) is 30.9 Å². The van der Waals surface area contributed by atoms with Gasteiger partial charge in [0.2, 0.25) is 0 Å². The number of hydrogen-bond donors (Lipinski definition) is 0. The zero-order valence-corrected chi connectivity index (χ0v) is 17.8. The van der Waals surface area contributed by atoms with Crippen LogP contribution in [0.4, 0.5) is 0 Å². The van der Waals surface area contributed by atoms with Crippen molar-refractivity contribution in [2.75, 3.05) is 12.9 Å². The van der Waals surface area contributed by atoms with Crippen molar-refractivity contribution in [3.8, 4) is 17.1 Å². The first-order valence-corrected chi connectivity index (χ1v) is 11.2.